The van der Waals surface area contributed by atoms with Gasteiger partial charge in [0.05, 0.1) is 27.1 Å². The molecule has 0 aliphatic rings. The summed E-state index contributed by atoms with van der Waals surface area (Å²) in [5.41, 5.74) is -0.381. The number of carbonyl (C=O) groups excluding carboxylic acids is 1. The number of carbonyl (C=O) groups is 2. The molecule has 1 aromatic carbocycles. The molecule has 0 aliphatic carbocycles. The van der Waals surface area contributed by atoms with E-state index in [1.165, 1.54) is 33.5 Å². The van der Waals surface area contributed by atoms with Gasteiger partial charge in [0.1, 0.15) is 15.5 Å². The number of sulfone groups is 1. The Kier molecular flexibility index (Phi) is 7.56. The molecule has 0 saturated heterocycles. The van der Waals surface area contributed by atoms with Gasteiger partial charge in [-0.2, -0.15) is 0 Å². The van der Waals surface area contributed by atoms with Crippen LogP contribution >= 0.6 is 0 Å². The van der Waals surface area contributed by atoms with Crippen molar-refractivity contribution in [2.75, 3.05) is 33.3 Å². The first-order valence-electron chi connectivity index (χ1n) is 7.45. The number of carboxylic acid groups (broad SMARTS) is 1. The normalized spacial score (nSPS) is 11.8. The fourth-order valence-electron chi connectivity index (χ4n) is 2.10. The van der Waals surface area contributed by atoms with E-state index in [9.17, 15) is 23.1 Å². The molecule has 1 amide bonds. The van der Waals surface area contributed by atoms with Crippen LogP contribution in [0.5, 0.6) is 17.2 Å². The number of aliphatic imine (C=N–C) groups is 1. The number of ether oxygens (including phenoxy) is 3. The summed E-state index contributed by atoms with van der Waals surface area (Å²) in [4.78, 5) is 27.2. The zero-order chi connectivity index (χ0) is 19.9. The predicted octanol–water partition coefficient (Wildman–Crippen LogP) is 1.20. The highest BCUT2D eigenvalue weighted by Gasteiger charge is 2.19. The predicted molar refractivity (Wildman–Crippen MR) is 94.4 cm³/mol. The van der Waals surface area contributed by atoms with Crippen LogP contribution < -0.4 is 14.2 Å². The molecule has 0 atom stereocenters. The summed E-state index contributed by atoms with van der Waals surface area (Å²) < 4.78 is 37.7. The Labute approximate surface area is 151 Å². The summed E-state index contributed by atoms with van der Waals surface area (Å²) in [6, 6.07) is 2.70. The summed E-state index contributed by atoms with van der Waals surface area (Å²) in [5, 5.41) is 9.18. The van der Waals surface area contributed by atoms with Gasteiger partial charge < -0.3 is 19.3 Å². The first-order chi connectivity index (χ1) is 12.1. The smallest absolute Gasteiger partial charge is 0.350 e. The van der Waals surface area contributed by atoms with Gasteiger partial charge in [-0.25, -0.2) is 18.2 Å². The van der Waals surface area contributed by atoms with Crippen LogP contribution in [0.25, 0.3) is 0 Å². The van der Waals surface area contributed by atoms with Gasteiger partial charge in [0, 0.05) is 11.8 Å². The van der Waals surface area contributed by atoms with Crippen molar-refractivity contribution in [3.63, 3.8) is 0 Å². The van der Waals surface area contributed by atoms with Crippen LogP contribution in [0, 0.1) is 0 Å². The molecule has 0 unspecified atom stereocenters. The van der Waals surface area contributed by atoms with E-state index in [-0.39, 0.29) is 41.4 Å². The van der Waals surface area contributed by atoms with Crippen molar-refractivity contribution in [1.82, 2.24) is 0 Å². The summed E-state index contributed by atoms with van der Waals surface area (Å²) in [6.07, 6.45) is 0.941. The Morgan fingerprint density at radius 2 is 1.62 bits per heavy atom. The average molecular weight is 387 g/mol. The van der Waals surface area contributed by atoms with Crippen molar-refractivity contribution in [2.45, 2.75) is 12.8 Å². The van der Waals surface area contributed by atoms with Gasteiger partial charge in [0.15, 0.2) is 11.5 Å². The molecule has 26 heavy (non-hydrogen) atoms. The molecule has 10 heteroatoms. The second-order valence-corrected chi connectivity index (χ2v) is 7.58. The van der Waals surface area contributed by atoms with Gasteiger partial charge in [-0.05, 0) is 25.0 Å². The van der Waals surface area contributed by atoms with Crippen molar-refractivity contribution in [3.05, 3.63) is 17.7 Å². The van der Waals surface area contributed by atoms with Crippen LogP contribution in [0.4, 0.5) is 0 Å². The van der Waals surface area contributed by atoms with Crippen molar-refractivity contribution < 1.29 is 37.3 Å². The molecule has 144 valence electrons. The molecule has 1 aromatic rings. The number of hydrogen-bond acceptors (Lipinski definition) is 7. The zero-order valence-corrected chi connectivity index (χ0v) is 15.8. The Balaban J connectivity index is 3.15. The molecule has 1 rings (SSSR count). The van der Waals surface area contributed by atoms with Gasteiger partial charge in [-0.3, -0.25) is 4.79 Å². The van der Waals surface area contributed by atoms with Gasteiger partial charge >= 0.3 is 5.97 Å². The van der Waals surface area contributed by atoms with Gasteiger partial charge in [0.2, 0.25) is 5.75 Å². The summed E-state index contributed by atoms with van der Waals surface area (Å²) in [6.45, 7) is 0. The van der Waals surface area contributed by atoms with Crippen LogP contribution in [-0.4, -0.2) is 64.5 Å². The number of benzene rings is 1. The van der Waals surface area contributed by atoms with E-state index < -0.39 is 27.4 Å². The van der Waals surface area contributed by atoms with E-state index in [2.05, 4.69) is 4.99 Å². The molecule has 9 nitrogen and oxygen atoms in total. The molecule has 1 N–H and O–H groups in total. The SMILES string of the molecule is COc1cc(C(=O)N=C(CCCS(C)(=O)=O)C(=O)O)cc(OC)c1OC. The topological polar surface area (TPSA) is 129 Å². The van der Waals surface area contributed by atoms with E-state index in [1.54, 1.807) is 0 Å². The lowest BCUT2D eigenvalue weighted by Gasteiger charge is -2.13. The standard InChI is InChI=1S/C16H21NO8S/c1-23-12-8-10(9-13(24-2)14(12)25-3)15(18)17-11(16(19)20)6-5-7-26(4,21)22/h8-9H,5-7H2,1-4H3,(H,19,20). The molecule has 0 spiro atoms. The molecule has 0 saturated carbocycles. The minimum atomic E-state index is -3.23. The van der Waals surface area contributed by atoms with Crippen LogP contribution in [0.15, 0.2) is 17.1 Å². The van der Waals surface area contributed by atoms with Crippen molar-refractivity contribution >= 4 is 27.4 Å². The van der Waals surface area contributed by atoms with Crippen molar-refractivity contribution in [1.29, 1.82) is 0 Å². The maximum atomic E-state index is 12.3. The molecule has 0 heterocycles. The largest absolute Gasteiger partial charge is 0.493 e. The maximum absolute atomic E-state index is 12.3. The number of hydrogen-bond donors (Lipinski definition) is 1. The van der Waals surface area contributed by atoms with Crippen LogP contribution in [0.2, 0.25) is 0 Å². The number of amides is 1. The zero-order valence-electron chi connectivity index (χ0n) is 14.9. The average Bonchev–Trinajstić information content (AvgIpc) is 2.57. The van der Waals surface area contributed by atoms with E-state index in [0.29, 0.717) is 0 Å². The number of methoxy groups -OCH3 is 3. The highest BCUT2D eigenvalue weighted by Crippen LogP contribution is 2.38. The fraction of sp³-hybridized carbons (Fsp3) is 0.438. The molecule has 0 aromatic heterocycles. The lowest BCUT2D eigenvalue weighted by Crippen LogP contribution is -2.17. The second kappa shape index (κ2) is 9.18. The highest BCUT2D eigenvalue weighted by atomic mass is 32.2. The molecule has 0 radical (unpaired) electrons. The Bertz CT molecular complexity index is 789. The third-order valence-electron chi connectivity index (χ3n) is 3.32. The number of aliphatic carboxylic acids is 1. The first-order valence-corrected chi connectivity index (χ1v) is 9.52. The van der Waals surface area contributed by atoms with Crippen LogP contribution in [0.1, 0.15) is 23.2 Å². The molecule has 0 aliphatic heterocycles. The summed E-state index contributed by atoms with van der Waals surface area (Å²) >= 11 is 0. The van der Waals surface area contributed by atoms with Gasteiger partial charge in [-0.15, -0.1) is 0 Å². The Hall–Kier alpha value is -2.62. The van der Waals surface area contributed by atoms with E-state index in [0.717, 1.165) is 6.26 Å². The lowest BCUT2D eigenvalue weighted by molar-refractivity contribution is -0.129. The second-order valence-electron chi connectivity index (χ2n) is 5.32. The van der Waals surface area contributed by atoms with E-state index in [4.69, 9.17) is 14.2 Å². The minimum absolute atomic E-state index is 0.0429. The third-order valence-corrected chi connectivity index (χ3v) is 4.35. The number of carboxylic acids is 1. The summed E-state index contributed by atoms with van der Waals surface area (Å²) in [5.74, 6) is -1.68. The Morgan fingerprint density at radius 3 is 2.00 bits per heavy atom. The minimum Gasteiger partial charge on any atom is -0.493 e. The van der Waals surface area contributed by atoms with Gasteiger partial charge in [-0.1, -0.05) is 0 Å². The van der Waals surface area contributed by atoms with Crippen LogP contribution in [0.3, 0.4) is 0 Å². The fourth-order valence-corrected chi connectivity index (χ4v) is 2.77. The van der Waals surface area contributed by atoms with E-state index >= 15 is 0 Å². The molecular formula is C16H21NO8S. The van der Waals surface area contributed by atoms with Crippen molar-refractivity contribution in [3.8, 4) is 17.2 Å². The molecular weight excluding hydrogens is 366 g/mol. The first kappa shape index (κ1) is 21.4. The molecule has 0 bridgehead atoms. The van der Waals surface area contributed by atoms with E-state index in [1.807, 2.05) is 0 Å². The van der Waals surface area contributed by atoms with Crippen molar-refractivity contribution in [2.24, 2.45) is 4.99 Å². The quantitative estimate of drug-likeness (QED) is 0.626. The van der Waals surface area contributed by atoms with Crippen LogP contribution in [-0.2, 0) is 14.6 Å². The number of nitrogens with zero attached hydrogens (tertiary/aromatic N) is 1. The monoisotopic (exact) mass is 387 g/mol. The summed E-state index contributed by atoms with van der Waals surface area (Å²) in [7, 11) is 0.931. The maximum Gasteiger partial charge on any atom is 0.350 e. The number of rotatable bonds is 9. The highest BCUT2D eigenvalue weighted by molar-refractivity contribution is 7.90. The Morgan fingerprint density at radius 1 is 1.08 bits per heavy atom. The third kappa shape index (κ3) is 6.03. The molecule has 0 fully saturated rings. The van der Waals surface area contributed by atoms with Gasteiger partial charge in [0.25, 0.3) is 5.91 Å². The lowest BCUT2D eigenvalue weighted by atomic mass is 10.1.